The van der Waals surface area contributed by atoms with E-state index in [1.807, 2.05) is 0 Å². The Labute approximate surface area is 140 Å². The molecule has 1 heterocycles. The van der Waals surface area contributed by atoms with Crippen LogP contribution in [-0.4, -0.2) is 9.97 Å². The average molecular weight is 348 g/mol. The molecule has 0 fully saturated rings. The van der Waals surface area contributed by atoms with E-state index in [1.54, 1.807) is 18.2 Å². The number of benzene rings is 2. The van der Waals surface area contributed by atoms with Gasteiger partial charge in [-0.3, -0.25) is 0 Å². The van der Waals surface area contributed by atoms with Crippen LogP contribution in [0.25, 0.3) is 0 Å². The number of anilines is 4. The first-order valence-electron chi connectivity index (χ1n) is 7.19. The molecule has 0 aliphatic carbocycles. The van der Waals surface area contributed by atoms with E-state index in [9.17, 15) is 17.6 Å². The summed E-state index contributed by atoms with van der Waals surface area (Å²) >= 11 is 0. The first-order valence-corrected chi connectivity index (χ1v) is 7.19. The van der Waals surface area contributed by atoms with E-state index in [4.69, 9.17) is 0 Å². The molecular formula is C17H12F4N4. The lowest BCUT2D eigenvalue weighted by Crippen LogP contribution is -2.04. The maximum atomic E-state index is 12.9. The van der Waals surface area contributed by atoms with Gasteiger partial charge in [-0.1, -0.05) is 0 Å². The van der Waals surface area contributed by atoms with E-state index < -0.39 is 11.7 Å². The Kier molecular flexibility index (Phi) is 4.51. The lowest BCUT2D eigenvalue weighted by molar-refractivity contribution is -0.137. The highest BCUT2D eigenvalue weighted by Crippen LogP contribution is 2.30. The van der Waals surface area contributed by atoms with Gasteiger partial charge in [-0.05, 0) is 48.5 Å². The molecule has 3 rings (SSSR count). The number of hydrogen-bond donors (Lipinski definition) is 2. The van der Waals surface area contributed by atoms with Gasteiger partial charge in [-0.2, -0.15) is 13.2 Å². The van der Waals surface area contributed by atoms with Gasteiger partial charge in [0.15, 0.2) is 0 Å². The number of nitrogens with zero attached hydrogens (tertiary/aromatic N) is 2. The summed E-state index contributed by atoms with van der Waals surface area (Å²) in [4.78, 5) is 8.06. The molecule has 0 bridgehead atoms. The zero-order valence-electron chi connectivity index (χ0n) is 12.7. The van der Waals surface area contributed by atoms with Crippen LogP contribution >= 0.6 is 0 Å². The SMILES string of the molecule is Fc1ccc(Nc2cc(Nc3ccc(C(F)(F)F)cc3)ncn2)cc1. The highest BCUT2D eigenvalue weighted by atomic mass is 19.4. The topological polar surface area (TPSA) is 49.8 Å². The van der Waals surface area contributed by atoms with Crippen LogP contribution in [0.4, 0.5) is 40.6 Å². The van der Waals surface area contributed by atoms with Crippen LogP contribution in [0.2, 0.25) is 0 Å². The summed E-state index contributed by atoms with van der Waals surface area (Å²) in [5, 5.41) is 5.88. The number of rotatable bonds is 4. The highest BCUT2D eigenvalue weighted by Gasteiger charge is 2.29. The Balaban J connectivity index is 1.72. The number of aromatic nitrogens is 2. The van der Waals surface area contributed by atoms with Crippen LogP contribution in [-0.2, 0) is 6.18 Å². The van der Waals surface area contributed by atoms with Crippen LogP contribution in [0, 0.1) is 5.82 Å². The molecule has 128 valence electrons. The molecule has 0 aliphatic heterocycles. The summed E-state index contributed by atoms with van der Waals surface area (Å²) in [6.45, 7) is 0. The second-order valence-electron chi connectivity index (χ2n) is 5.12. The molecule has 0 radical (unpaired) electrons. The third-order valence-corrected chi connectivity index (χ3v) is 3.27. The van der Waals surface area contributed by atoms with E-state index in [2.05, 4.69) is 20.6 Å². The van der Waals surface area contributed by atoms with Gasteiger partial charge in [-0.25, -0.2) is 14.4 Å². The molecule has 2 aromatic carbocycles. The Morgan fingerprint density at radius 2 is 1.20 bits per heavy atom. The van der Waals surface area contributed by atoms with Crippen LogP contribution < -0.4 is 10.6 Å². The van der Waals surface area contributed by atoms with Crippen molar-refractivity contribution < 1.29 is 17.6 Å². The number of alkyl halides is 3. The standard InChI is InChI=1S/C17H12F4N4/c18-12-3-7-14(8-4-12)25-16-9-15(22-10-23-16)24-13-5-1-11(2-6-13)17(19,20)21/h1-10H,(H2,22,23,24,25). The molecule has 0 unspecified atom stereocenters. The summed E-state index contributed by atoms with van der Waals surface area (Å²) in [5.41, 5.74) is 0.374. The number of hydrogen-bond acceptors (Lipinski definition) is 4. The fourth-order valence-electron chi connectivity index (χ4n) is 2.07. The monoisotopic (exact) mass is 348 g/mol. The third kappa shape index (κ3) is 4.43. The van der Waals surface area contributed by atoms with E-state index in [-0.39, 0.29) is 5.82 Å². The molecule has 8 heteroatoms. The predicted octanol–water partition coefficient (Wildman–Crippen LogP) is 5.12. The molecule has 0 amide bonds. The predicted molar refractivity (Wildman–Crippen MR) is 86.4 cm³/mol. The zero-order chi connectivity index (χ0) is 17.9. The Hall–Kier alpha value is -3.16. The van der Waals surface area contributed by atoms with Crippen molar-refractivity contribution in [2.75, 3.05) is 10.6 Å². The fraction of sp³-hybridized carbons (Fsp3) is 0.0588. The smallest absolute Gasteiger partial charge is 0.340 e. The maximum Gasteiger partial charge on any atom is 0.416 e. The van der Waals surface area contributed by atoms with Crippen LogP contribution in [0.1, 0.15) is 5.56 Å². The zero-order valence-corrected chi connectivity index (χ0v) is 12.7. The second kappa shape index (κ2) is 6.76. The van der Waals surface area contributed by atoms with E-state index >= 15 is 0 Å². The van der Waals surface area contributed by atoms with Crippen LogP contribution in [0.5, 0.6) is 0 Å². The Bertz CT molecular complexity index is 846. The van der Waals surface area contributed by atoms with Gasteiger partial charge in [-0.15, -0.1) is 0 Å². The van der Waals surface area contributed by atoms with Crippen molar-refractivity contribution in [3.63, 3.8) is 0 Å². The molecule has 0 spiro atoms. The molecule has 25 heavy (non-hydrogen) atoms. The van der Waals surface area contributed by atoms with Gasteiger partial charge >= 0.3 is 6.18 Å². The minimum Gasteiger partial charge on any atom is -0.340 e. The lowest BCUT2D eigenvalue weighted by atomic mass is 10.2. The second-order valence-corrected chi connectivity index (χ2v) is 5.12. The molecular weight excluding hydrogens is 336 g/mol. The summed E-state index contributed by atoms with van der Waals surface area (Å²) < 4.78 is 50.6. The van der Waals surface area contributed by atoms with Crippen molar-refractivity contribution in [1.82, 2.24) is 9.97 Å². The molecule has 1 aromatic heterocycles. The van der Waals surface area contributed by atoms with Crippen LogP contribution in [0.15, 0.2) is 60.9 Å². The molecule has 2 N–H and O–H groups in total. The molecule has 0 saturated carbocycles. The van der Waals surface area contributed by atoms with Crippen molar-refractivity contribution in [2.45, 2.75) is 6.18 Å². The van der Waals surface area contributed by atoms with E-state index in [1.165, 1.54) is 30.6 Å². The summed E-state index contributed by atoms with van der Waals surface area (Å²) in [6.07, 6.45) is -3.07. The van der Waals surface area contributed by atoms with Gasteiger partial charge in [0.2, 0.25) is 0 Å². The third-order valence-electron chi connectivity index (χ3n) is 3.27. The van der Waals surface area contributed by atoms with Gasteiger partial charge in [0.25, 0.3) is 0 Å². The molecule has 3 aromatic rings. The highest BCUT2D eigenvalue weighted by molar-refractivity contribution is 5.62. The lowest BCUT2D eigenvalue weighted by Gasteiger charge is -2.10. The number of nitrogens with one attached hydrogen (secondary N) is 2. The van der Waals surface area contributed by atoms with Crippen molar-refractivity contribution in [3.05, 3.63) is 72.3 Å². The minimum absolute atomic E-state index is 0.349. The van der Waals surface area contributed by atoms with Crippen molar-refractivity contribution in [1.29, 1.82) is 0 Å². The van der Waals surface area contributed by atoms with Crippen molar-refractivity contribution >= 4 is 23.0 Å². The van der Waals surface area contributed by atoms with E-state index in [0.29, 0.717) is 23.0 Å². The summed E-state index contributed by atoms with van der Waals surface area (Å²) in [7, 11) is 0. The molecule has 4 nitrogen and oxygen atoms in total. The van der Waals surface area contributed by atoms with Crippen LogP contribution in [0.3, 0.4) is 0 Å². The Morgan fingerprint density at radius 3 is 1.68 bits per heavy atom. The Morgan fingerprint density at radius 1 is 0.720 bits per heavy atom. The molecule has 0 atom stereocenters. The number of halogens is 4. The summed E-state index contributed by atoms with van der Waals surface area (Å²) in [5.74, 6) is 0.508. The van der Waals surface area contributed by atoms with Gasteiger partial charge < -0.3 is 10.6 Å². The average Bonchev–Trinajstić information content (AvgIpc) is 2.57. The molecule has 0 aliphatic rings. The summed E-state index contributed by atoms with van der Waals surface area (Å²) in [6, 6.07) is 11.9. The normalized spacial score (nSPS) is 11.2. The maximum absolute atomic E-state index is 12.9. The van der Waals surface area contributed by atoms with Gasteiger partial charge in [0.1, 0.15) is 23.8 Å². The van der Waals surface area contributed by atoms with E-state index in [0.717, 1.165) is 12.1 Å². The quantitative estimate of drug-likeness (QED) is 0.643. The largest absolute Gasteiger partial charge is 0.416 e. The van der Waals surface area contributed by atoms with Crippen molar-refractivity contribution in [3.8, 4) is 0 Å². The minimum atomic E-state index is -4.38. The first kappa shape index (κ1) is 16.7. The van der Waals surface area contributed by atoms with Gasteiger partial charge in [0, 0.05) is 17.4 Å². The van der Waals surface area contributed by atoms with Crippen molar-refractivity contribution in [2.24, 2.45) is 0 Å². The fourth-order valence-corrected chi connectivity index (χ4v) is 2.07. The first-order chi connectivity index (χ1) is 11.9. The molecule has 0 saturated heterocycles. The van der Waals surface area contributed by atoms with Gasteiger partial charge in [0.05, 0.1) is 5.56 Å².